The molecule has 1 unspecified atom stereocenters. The van der Waals surface area contributed by atoms with Crippen molar-refractivity contribution in [3.8, 4) is 17.6 Å². The van der Waals surface area contributed by atoms with Crippen LogP contribution >= 0.6 is 0 Å². The molecule has 1 atom stereocenters. The molecule has 1 N–H and O–H groups in total. The highest BCUT2D eigenvalue weighted by atomic mass is 32.2. The number of benzene rings is 1. The molecule has 0 bridgehead atoms. The van der Waals surface area contributed by atoms with Crippen LogP contribution in [0.2, 0.25) is 0 Å². The summed E-state index contributed by atoms with van der Waals surface area (Å²) in [4.78, 5) is 10.3. The molecule has 106 valence electrons. The van der Waals surface area contributed by atoms with Crippen molar-refractivity contribution in [3.63, 3.8) is 0 Å². The fourth-order valence-electron chi connectivity index (χ4n) is 1.87. The van der Waals surface area contributed by atoms with Crippen molar-refractivity contribution in [1.29, 1.82) is 0 Å². The second-order valence-corrected chi connectivity index (χ2v) is 5.49. The van der Waals surface area contributed by atoms with Gasteiger partial charge in [0.1, 0.15) is 5.75 Å². The Bertz CT molecular complexity index is 553. The lowest BCUT2D eigenvalue weighted by molar-refractivity contribution is -0.130. The van der Waals surface area contributed by atoms with Gasteiger partial charge in [-0.3, -0.25) is 0 Å². The predicted octanol–water partition coefficient (Wildman–Crippen LogP) is 1.57. The lowest BCUT2D eigenvalue weighted by atomic mass is 10.2. The number of carboxylic acid groups (broad SMARTS) is 1. The van der Waals surface area contributed by atoms with Gasteiger partial charge in [-0.1, -0.05) is 12.3 Å². The highest BCUT2D eigenvalue weighted by Crippen LogP contribution is 2.16. The first kappa shape index (κ1) is 14.6. The topological polar surface area (TPSA) is 66.8 Å². The second kappa shape index (κ2) is 7.08. The Hall–Kier alpha value is -1.84. The van der Waals surface area contributed by atoms with Gasteiger partial charge in [-0.15, -0.1) is 0 Å². The lowest BCUT2D eigenvalue weighted by Crippen LogP contribution is -2.33. The van der Waals surface area contributed by atoms with Crippen LogP contribution in [-0.4, -0.2) is 32.7 Å². The normalized spacial score (nSPS) is 16.8. The zero-order chi connectivity index (χ0) is 14.4. The zero-order valence-electron chi connectivity index (χ0n) is 10.9. The molecular weight excluding hydrogens is 278 g/mol. The SMILES string of the molecule is O=C(O)C#Cc1ccc(OS(=O)N2CCCCC2)cc1. The van der Waals surface area contributed by atoms with Crippen LogP contribution in [0.1, 0.15) is 24.8 Å². The maximum Gasteiger partial charge on any atom is 0.382 e. The van der Waals surface area contributed by atoms with E-state index in [9.17, 15) is 9.00 Å². The highest BCUT2D eigenvalue weighted by molar-refractivity contribution is 7.78. The monoisotopic (exact) mass is 293 g/mol. The van der Waals surface area contributed by atoms with Crippen molar-refractivity contribution in [2.45, 2.75) is 19.3 Å². The minimum atomic E-state index is -1.47. The van der Waals surface area contributed by atoms with E-state index in [0.717, 1.165) is 25.9 Å². The molecule has 0 aliphatic carbocycles. The summed E-state index contributed by atoms with van der Waals surface area (Å²) in [7, 11) is 0. The van der Waals surface area contributed by atoms with Crippen molar-refractivity contribution in [2.24, 2.45) is 0 Å². The van der Waals surface area contributed by atoms with Gasteiger partial charge in [0.05, 0.1) is 0 Å². The van der Waals surface area contributed by atoms with E-state index < -0.39 is 17.2 Å². The molecule has 1 aliphatic rings. The van der Waals surface area contributed by atoms with Gasteiger partial charge in [0, 0.05) is 24.6 Å². The zero-order valence-corrected chi connectivity index (χ0v) is 11.7. The van der Waals surface area contributed by atoms with Crippen LogP contribution in [0.15, 0.2) is 24.3 Å². The summed E-state index contributed by atoms with van der Waals surface area (Å²) in [6, 6.07) is 6.54. The van der Waals surface area contributed by atoms with Crippen LogP contribution in [0, 0.1) is 11.8 Å². The Labute approximate surface area is 120 Å². The van der Waals surface area contributed by atoms with Crippen LogP contribution in [0.3, 0.4) is 0 Å². The number of carbonyl (C=O) groups is 1. The summed E-state index contributed by atoms with van der Waals surface area (Å²) in [6.45, 7) is 1.57. The van der Waals surface area contributed by atoms with Crippen molar-refractivity contribution in [1.82, 2.24) is 4.31 Å². The maximum atomic E-state index is 12.0. The summed E-state index contributed by atoms with van der Waals surface area (Å²) in [5.74, 6) is 3.84. The first-order valence-corrected chi connectivity index (χ1v) is 7.38. The molecule has 1 saturated heterocycles. The van der Waals surface area contributed by atoms with E-state index in [1.165, 1.54) is 6.42 Å². The molecule has 5 nitrogen and oxygen atoms in total. The number of carboxylic acids is 1. The number of rotatable bonds is 3. The van der Waals surface area contributed by atoms with Gasteiger partial charge in [0.2, 0.25) is 0 Å². The lowest BCUT2D eigenvalue weighted by Gasteiger charge is -2.23. The first-order valence-electron chi connectivity index (χ1n) is 6.35. The molecule has 0 radical (unpaired) electrons. The third-order valence-electron chi connectivity index (χ3n) is 2.86. The fourth-order valence-corrected chi connectivity index (χ4v) is 2.81. The summed E-state index contributed by atoms with van der Waals surface area (Å²) in [5, 5.41) is 8.45. The highest BCUT2D eigenvalue weighted by Gasteiger charge is 2.18. The maximum absolute atomic E-state index is 12.0. The van der Waals surface area contributed by atoms with Gasteiger partial charge in [0.15, 0.2) is 0 Å². The van der Waals surface area contributed by atoms with Gasteiger partial charge in [0.25, 0.3) is 11.3 Å². The van der Waals surface area contributed by atoms with Crippen molar-refractivity contribution in [3.05, 3.63) is 29.8 Å². The summed E-state index contributed by atoms with van der Waals surface area (Å²) in [5.41, 5.74) is 0.573. The van der Waals surface area contributed by atoms with E-state index in [1.807, 2.05) is 10.2 Å². The molecule has 6 heteroatoms. The van der Waals surface area contributed by atoms with Gasteiger partial charge in [-0.25, -0.2) is 4.79 Å². The van der Waals surface area contributed by atoms with Gasteiger partial charge in [-0.2, -0.15) is 8.51 Å². The fraction of sp³-hybridized carbons (Fsp3) is 0.357. The number of hydrogen-bond acceptors (Lipinski definition) is 3. The van der Waals surface area contributed by atoms with E-state index in [4.69, 9.17) is 9.29 Å². The molecule has 0 amide bonds. The average molecular weight is 293 g/mol. The van der Waals surface area contributed by atoms with Crippen molar-refractivity contribution in [2.75, 3.05) is 13.1 Å². The molecule has 0 aromatic heterocycles. The van der Waals surface area contributed by atoms with E-state index in [1.54, 1.807) is 24.3 Å². The van der Waals surface area contributed by atoms with Crippen LogP contribution in [0.4, 0.5) is 0 Å². The molecule has 1 fully saturated rings. The Morgan fingerprint density at radius 3 is 2.45 bits per heavy atom. The largest absolute Gasteiger partial charge is 0.472 e. The number of hydrogen-bond donors (Lipinski definition) is 1. The Balaban J connectivity index is 1.95. The molecule has 1 aliphatic heterocycles. The number of aliphatic carboxylic acids is 1. The summed E-state index contributed by atoms with van der Waals surface area (Å²) in [6.07, 6.45) is 3.25. The third kappa shape index (κ3) is 4.37. The molecule has 1 aromatic carbocycles. The van der Waals surface area contributed by atoms with E-state index in [-0.39, 0.29) is 0 Å². The predicted molar refractivity (Wildman–Crippen MR) is 75.2 cm³/mol. The quantitative estimate of drug-likeness (QED) is 0.859. The molecule has 20 heavy (non-hydrogen) atoms. The van der Waals surface area contributed by atoms with E-state index in [0.29, 0.717) is 11.3 Å². The molecule has 0 spiro atoms. The summed E-state index contributed by atoms with van der Waals surface area (Å²) >= 11 is -1.47. The van der Waals surface area contributed by atoms with E-state index in [2.05, 4.69) is 5.92 Å². The first-order chi connectivity index (χ1) is 9.65. The smallest absolute Gasteiger partial charge is 0.382 e. The molecule has 1 aromatic rings. The van der Waals surface area contributed by atoms with Crippen LogP contribution < -0.4 is 4.18 Å². The Kier molecular flexibility index (Phi) is 5.16. The van der Waals surface area contributed by atoms with Crippen LogP contribution in [0.25, 0.3) is 0 Å². The van der Waals surface area contributed by atoms with E-state index >= 15 is 0 Å². The minimum Gasteiger partial charge on any atom is -0.472 e. The standard InChI is InChI=1S/C14H15NO4S/c16-14(17)9-6-12-4-7-13(8-5-12)19-20(18)15-10-2-1-3-11-15/h4-5,7-8H,1-3,10-11H2,(H,16,17). The van der Waals surface area contributed by atoms with Gasteiger partial charge in [-0.05, 0) is 37.1 Å². The average Bonchev–Trinajstić information content (AvgIpc) is 2.47. The van der Waals surface area contributed by atoms with Gasteiger partial charge >= 0.3 is 5.97 Å². The second-order valence-electron chi connectivity index (χ2n) is 4.37. The third-order valence-corrected chi connectivity index (χ3v) is 3.98. The molecule has 1 heterocycles. The van der Waals surface area contributed by atoms with Crippen LogP contribution in [-0.2, 0) is 16.1 Å². The van der Waals surface area contributed by atoms with Gasteiger partial charge < -0.3 is 9.29 Å². The number of piperidine rings is 1. The Morgan fingerprint density at radius 1 is 1.20 bits per heavy atom. The summed E-state index contributed by atoms with van der Waals surface area (Å²) < 4.78 is 19.2. The molecule has 0 saturated carbocycles. The molecule has 2 rings (SSSR count). The number of nitrogens with zero attached hydrogens (tertiary/aromatic N) is 1. The van der Waals surface area contributed by atoms with Crippen LogP contribution in [0.5, 0.6) is 5.75 Å². The van der Waals surface area contributed by atoms with Crippen molar-refractivity contribution < 1.29 is 18.3 Å². The van der Waals surface area contributed by atoms with Crippen molar-refractivity contribution >= 4 is 17.2 Å². The minimum absolute atomic E-state index is 0.481. The molecular formula is C14H15NO4S. The Morgan fingerprint density at radius 2 is 1.85 bits per heavy atom.